The highest BCUT2D eigenvalue weighted by Gasteiger charge is 2.24. The summed E-state index contributed by atoms with van der Waals surface area (Å²) in [7, 11) is 3.28. The van der Waals surface area contributed by atoms with Gasteiger partial charge in [-0.1, -0.05) is 12.8 Å². The molecule has 1 aromatic carbocycles. The number of rotatable bonds is 4. The van der Waals surface area contributed by atoms with E-state index < -0.39 is 0 Å². The first-order valence-electron chi connectivity index (χ1n) is 6.31. The van der Waals surface area contributed by atoms with E-state index in [0.29, 0.717) is 5.25 Å². The second kappa shape index (κ2) is 6.34. The summed E-state index contributed by atoms with van der Waals surface area (Å²) in [5, 5.41) is 10.3. The Hall–Kier alpha value is -0.870. The van der Waals surface area contributed by atoms with E-state index in [4.69, 9.17) is 9.47 Å². The molecule has 1 saturated carbocycles. The van der Waals surface area contributed by atoms with Crippen molar-refractivity contribution in [3.8, 4) is 11.5 Å². The topological polar surface area (TPSA) is 38.7 Å². The summed E-state index contributed by atoms with van der Waals surface area (Å²) < 4.78 is 10.5. The van der Waals surface area contributed by atoms with Gasteiger partial charge in [-0.3, -0.25) is 0 Å². The highest BCUT2D eigenvalue weighted by Crippen LogP contribution is 2.37. The van der Waals surface area contributed by atoms with Crippen molar-refractivity contribution in [3.63, 3.8) is 0 Å². The largest absolute Gasteiger partial charge is 0.493 e. The van der Waals surface area contributed by atoms with E-state index in [9.17, 15) is 5.11 Å². The highest BCUT2D eigenvalue weighted by atomic mass is 32.2. The lowest BCUT2D eigenvalue weighted by Crippen LogP contribution is -2.26. The lowest BCUT2D eigenvalue weighted by atomic mass is 9.97. The minimum Gasteiger partial charge on any atom is -0.493 e. The number of hydrogen-bond acceptors (Lipinski definition) is 4. The van der Waals surface area contributed by atoms with Crippen LogP contribution >= 0.6 is 11.8 Å². The fourth-order valence-corrected chi connectivity index (χ4v) is 3.53. The molecule has 100 valence electrons. The normalized spacial score (nSPS) is 23.7. The third kappa shape index (κ3) is 3.12. The van der Waals surface area contributed by atoms with E-state index in [1.165, 1.54) is 6.42 Å². The van der Waals surface area contributed by atoms with Gasteiger partial charge in [-0.05, 0) is 31.0 Å². The number of ether oxygens (including phenoxy) is 2. The van der Waals surface area contributed by atoms with Crippen LogP contribution in [0.15, 0.2) is 23.1 Å². The molecule has 0 aliphatic heterocycles. The smallest absolute Gasteiger partial charge is 0.161 e. The third-order valence-corrected chi connectivity index (χ3v) is 4.69. The molecule has 2 atom stereocenters. The molecule has 0 saturated heterocycles. The average molecular weight is 268 g/mol. The predicted molar refractivity (Wildman–Crippen MR) is 73.7 cm³/mol. The number of aliphatic hydroxyl groups is 1. The van der Waals surface area contributed by atoms with Gasteiger partial charge in [-0.25, -0.2) is 0 Å². The van der Waals surface area contributed by atoms with Gasteiger partial charge in [0.2, 0.25) is 0 Å². The quantitative estimate of drug-likeness (QED) is 0.910. The second-order valence-corrected chi connectivity index (χ2v) is 5.84. The zero-order valence-corrected chi connectivity index (χ0v) is 11.7. The third-order valence-electron chi connectivity index (χ3n) is 3.31. The van der Waals surface area contributed by atoms with Crippen molar-refractivity contribution in [2.24, 2.45) is 0 Å². The summed E-state index contributed by atoms with van der Waals surface area (Å²) in [6.45, 7) is 0. The Morgan fingerprint density at radius 2 is 1.83 bits per heavy atom. The van der Waals surface area contributed by atoms with Crippen LogP contribution in [0, 0.1) is 0 Å². The Labute approximate surface area is 112 Å². The molecule has 1 aliphatic carbocycles. The predicted octanol–water partition coefficient (Wildman–Crippen LogP) is 3.10. The van der Waals surface area contributed by atoms with E-state index >= 15 is 0 Å². The van der Waals surface area contributed by atoms with Gasteiger partial charge in [0.05, 0.1) is 20.3 Å². The number of thioether (sulfide) groups is 1. The fraction of sp³-hybridized carbons (Fsp3) is 0.571. The first-order valence-corrected chi connectivity index (χ1v) is 7.19. The fourth-order valence-electron chi connectivity index (χ4n) is 2.28. The van der Waals surface area contributed by atoms with E-state index in [-0.39, 0.29) is 6.10 Å². The molecule has 2 unspecified atom stereocenters. The molecular weight excluding hydrogens is 248 g/mol. The lowest BCUT2D eigenvalue weighted by Gasteiger charge is -2.27. The van der Waals surface area contributed by atoms with Gasteiger partial charge in [0, 0.05) is 10.1 Å². The number of hydrogen-bond donors (Lipinski definition) is 1. The highest BCUT2D eigenvalue weighted by molar-refractivity contribution is 8.00. The Kier molecular flexibility index (Phi) is 4.78. The summed E-state index contributed by atoms with van der Waals surface area (Å²) in [4.78, 5) is 1.12. The van der Waals surface area contributed by atoms with Crippen LogP contribution in [-0.4, -0.2) is 30.7 Å². The van der Waals surface area contributed by atoms with Gasteiger partial charge in [0.25, 0.3) is 0 Å². The van der Waals surface area contributed by atoms with Crippen molar-refractivity contribution in [1.82, 2.24) is 0 Å². The summed E-state index contributed by atoms with van der Waals surface area (Å²) in [5.41, 5.74) is 0. The van der Waals surface area contributed by atoms with Crippen molar-refractivity contribution in [2.45, 2.75) is 41.9 Å². The lowest BCUT2D eigenvalue weighted by molar-refractivity contribution is 0.137. The summed E-state index contributed by atoms with van der Waals surface area (Å²) in [5.74, 6) is 1.49. The van der Waals surface area contributed by atoms with Crippen LogP contribution in [0.25, 0.3) is 0 Å². The maximum atomic E-state index is 9.98. The molecule has 3 nitrogen and oxygen atoms in total. The van der Waals surface area contributed by atoms with Crippen molar-refractivity contribution < 1.29 is 14.6 Å². The van der Waals surface area contributed by atoms with Crippen LogP contribution in [0.1, 0.15) is 25.7 Å². The Bertz CT molecular complexity index is 395. The van der Waals surface area contributed by atoms with Gasteiger partial charge in [0.15, 0.2) is 11.5 Å². The molecule has 0 heterocycles. The van der Waals surface area contributed by atoms with Crippen LogP contribution in [0.3, 0.4) is 0 Å². The van der Waals surface area contributed by atoms with E-state index in [1.807, 2.05) is 18.2 Å². The number of aliphatic hydroxyl groups excluding tert-OH is 1. The molecular formula is C14H20O3S. The molecule has 2 rings (SSSR count). The molecule has 0 spiro atoms. The molecule has 1 fully saturated rings. The Morgan fingerprint density at radius 1 is 1.11 bits per heavy atom. The molecule has 0 bridgehead atoms. The van der Waals surface area contributed by atoms with Crippen LogP contribution in [0.2, 0.25) is 0 Å². The number of benzene rings is 1. The van der Waals surface area contributed by atoms with Gasteiger partial charge in [-0.2, -0.15) is 0 Å². The molecule has 18 heavy (non-hydrogen) atoms. The summed E-state index contributed by atoms with van der Waals surface area (Å²) >= 11 is 1.74. The van der Waals surface area contributed by atoms with Crippen LogP contribution < -0.4 is 9.47 Å². The molecule has 0 radical (unpaired) electrons. The first-order chi connectivity index (χ1) is 8.74. The maximum Gasteiger partial charge on any atom is 0.161 e. The molecule has 4 heteroatoms. The van der Waals surface area contributed by atoms with Crippen molar-refractivity contribution in [2.75, 3.05) is 14.2 Å². The Morgan fingerprint density at radius 3 is 2.50 bits per heavy atom. The van der Waals surface area contributed by atoms with Crippen molar-refractivity contribution >= 4 is 11.8 Å². The van der Waals surface area contributed by atoms with Crippen LogP contribution in [0.5, 0.6) is 11.5 Å². The van der Waals surface area contributed by atoms with Crippen LogP contribution in [0.4, 0.5) is 0 Å². The minimum absolute atomic E-state index is 0.183. The van der Waals surface area contributed by atoms with E-state index in [2.05, 4.69) is 0 Å². The first kappa shape index (κ1) is 13.6. The standard InChI is InChI=1S/C14H20O3S/c1-16-12-8-7-10(9-13(12)17-2)18-14-6-4-3-5-11(14)15/h7-9,11,14-15H,3-6H2,1-2H3. The minimum atomic E-state index is -0.183. The van der Waals surface area contributed by atoms with E-state index in [1.54, 1.807) is 26.0 Å². The molecule has 1 N–H and O–H groups in total. The second-order valence-electron chi connectivity index (χ2n) is 4.52. The van der Waals surface area contributed by atoms with Gasteiger partial charge >= 0.3 is 0 Å². The van der Waals surface area contributed by atoms with Gasteiger partial charge in [-0.15, -0.1) is 11.8 Å². The molecule has 0 aromatic heterocycles. The molecule has 1 aliphatic rings. The van der Waals surface area contributed by atoms with Crippen molar-refractivity contribution in [3.05, 3.63) is 18.2 Å². The van der Waals surface area contributed by atoms with E-state index in [0.717, 1.165) is 35.7 Å². The summed E-state index contributed by atoms with van der Waals surface area (Å²) in [6.07, 6.45) is 4.17. The molecule has 1 aromatic rings. The zero-order chi connectivity index (χ0) is 13.0. The van der Waals surface area contributed by atoms with Gasteiger partial charge in [0.1, 0.15) is 0 Å². The maximum absolute atomic E-state index is 9.98. The van der Waals surface area contributed by atoms with Crippen molar-refractivity contribution in [1.29, 1.82) is 0 Å². The number of methoxy groups -OCH3 is 2. The van der Waals surface area contributed by atoms with Gasteiger partial charge < -0.3 is 14.6 Å². The SMILES string of the molecule is COc1ccc(SC2CCCCC2O)cc1OC. The zero-order valence-electron chi connectivity index (χ0n) is 10.9. The Balaban J connectivity index is 2.08. The monoisotopic (exact) mass is 268 g/mol. The van der Waals surface area contributed by atoms with Crippen LogP contribution in [-0.2, 0) is 0 Å². The molecule has 0 amide bonds. The summed E-state index contributed by atoms with van der Waals surface area (Å²) in [6, 6.07) is 5.91. The average Bonchev–Trinajstić information content (AvgIpc) is 2.41.